The Morgan fingerprint density at radius 3 is 1.95 bits per heavy atom. The number of benzene rings is 2. The van der Waals surface area contributed by atoms with Crippen molar-refractivity contribution in [2.45, 2.75) is 90.7 Å². The molecule has 3 aromatic rings. The number of hydrogen-bond donors (Lipinski definition) is 0. The van der Waals surface area contributed by atoms with Crippen LogP contribution in [0.15, 0.2) is 48.5 Å². The van der Waals surface area contributed by atoms with Crippen molar-refractivity contribution in [2.75, 3.05) is 0 Å². The molecule has 0 fully saturated rings. The van der Waals surface area contributed by atoms with Crippen molar-refractivity contribution < 1.29 is 22.7 Å². The average molecular weight is 547 g/mol. The summed E-state index contributed by atoms with van der Waals surface area (Å²) in [6.07, 6.45) is 4.67. The van der Waals surface area contributed by atoms with Crippen LogP contribution in [-0.4, -0.2) is 22.3 Å². The van der Waals surface area contributed by atoms with Gasteiger partial charge in [-0.1, -0.05) is 94.4 Å². The Morgan fingerprint density at radius 2 is 1.37 bits per heavy atom. The molecule has 0 saturated heterocycles. The van der Waals surface area contributed by atoms with Gasteiger partial charge < -0.3 is 4.74 Å². The third kappa shape index (κ3) is 9.53. The summed E-state index contributed by atoms with van der Waals surface area (Å²) in [5.41, 5.74) is 3.13. The Kier molecular flexibility index (Phi) is 11.8. The van der Waals surface area contributed by atoms with Gasteiger partial charge in [0.2, 0.25) is 0 Å². The first kappa shape index (κ1) is 29.8. The number of unbranched alkanes of at least 4 members (excludes halogenated alkanes) is 6. The highest BCUT2D eigenvalue weighted by Crippen LogP contribution is 2.34. The van der Waals surface area contributed by atoms with Gasteiger partial charge in [-0.2, -0.15) is 13.2 Å². The lowest BCUT2D eigenvalue weighted by Crippen LogP contribution is -2.27. The second kappa shape index (κ2) is 15.0. The standard InChI is InChI=1S/C30H37F3N2O2S/c1-3-5-7-8-9-10-11-22-13-15-23(16-14-22)28-34-35-29(38-28)24-17-19-26(20-18-24)37-27(36)21-25(12-6-4-2)30(31,32)33/h13-20,25H,3-12,21H2,1-2H3. The Bertz CT molecular complexity index is 1110. The summed E-state index contributed by atoms with van der Waals surface area (Å²) in [6.45, 7) is 4.05. The number of rotatable bonds is 15. The second-order valence-electron chi connectivity index (χ2n) is 9.71. The van der Waals surface area contributed by atoms with E-state index in [1.165, 1.54) is 55.4 Å². The van der Waals surface area contributed by atoms with E-state index in [0.29, 0.717) is 17.8 Å². The molecule has 38 heavy (non-hydrogen) atoms. The number of ether oxygens (including phenoxy) is 1. The fourth-order valence-electron chi connectivity index (χ4n) is 4.25. The number of carbonyl (C=O) groups excluding carboxylic acids is 1. The topological polar surface area (TPSA) is 52.1 Å². The molecule has 0 aliphatic heterocycles. The molecule has 0 bridgehead atoms. The van der Waals surface area contributed by atoms with Crippen molar-refractivity contribution in [1.82, 2.24) is 10.2 Å². The van der Waals surface area contributed by atoms with E-state index in [4.69, 9.17) is 4.74 Å². The normalized spacial score (nSPS) is 12.4. The number of alkyl halides is 3. The first-order chi connectivity index (χ1) is 18.3. The van der Waals surface area contributed by atoms with Crippen molar-refractivity contribution in [3.63, 3.8) is 0 Å². The Hall–Kier alpha value is -2.74. The number of hydrogen-bond acceptors (Lipinski definition) is 5. The molecular formula is C30H37F3N2O2S. The van der Waals surface area contributed by atoms with Crippen molar-refractivity contribution in [3.8, 4) is 26.9 Å². The highest BCUT2D eigenvalue weighted by atomic mass is 32.1. The van der Waals surface area contributed by atoms with Crippen LogP contribution in [-0.2, 0) is 11.2 Å². The highest BCUT2D eigenvalue weighted by Gasteiger charge is 2.40. The summed E-state index contributed by atoms with van der Waals surface area (Å²) in [4.78, 5) is 12.1. The first-order valence-corrected chi connectivity index (χ1v) is 14.4. The van der Waals surface area contributed by atoms with Crippen LogP contribution in [0.2, 0.25) is 0 Å². The molecular weight excluding hydrogens is 509 g/mol. The van der Waals surface area contributed by atoms with Gasteiger partial charge in [-0.15, -0.1) is 10.2 Å². The quantitative estimate of drug-likeness (QED) is 0.108. The molecule has 206 valence electrons. The van der Waals surface area contributed by atoms with Crippen molar-refractivity contribution >= 4 is 17.3 Å². The predicted octanol–water partition coefficient (Wildman–Crippen LogP) is 9.44. The lowest BCUT2D eigenvalue weighted by atomic mass is 9.98. The van der Waals surface area contributed by atoms with Crippen LogP contribution in [0.3, 0.4) is 0 Å². The third-order valence-electron chi connectivity index (χ3n) is 6.56. The number of esters is 1. The van der Waals surface area contributed by atoms with E-state index in [-0.39, 0.29) is 12.2 Å². The van der Waals surface area contributed by atoms with Crippen LogP contribution >= 0.6 is 11.3 Å². The third-order valence-corrected chi connectivity index (χ3v) is 7.58. The number of carbonyl (C=O) groups is 1. The summed E-state index contributed by atoms with van der Waals surface area (Å²) in [7, 11) is 0. The van der Waals surface area contributed by atoms with E-state index in [2.05, 4.69) is 41.4 Å². The van der Waals surface area contributed by atoms with E-state index in [1.807, 2.05) is 6.92 Å². The summed E-state index contributed by atoms with van der Waals surface area (Å²) >= 11 is 1.46. The molecule has 2 aromatic carbocycles. The van der Waals surface area contributed by atoms with Gasteiger partial charge in [-0.3, -0.25) is 4.79 Å². The summed E-state index contributed by atoms with van der Waals surface area (Å²) < 4.78 is 44.8. The molecule has 0 saturated carbocycles. The predicted molar refractivity (Wildman–Crippen MR) is 147 cm³/mol. The Balaban J connectivity index is 1.53. The monoisotopic (exact) mass is 546 g/mol. The number of aryl methyl sites for hydroxylation is 1. The molecule has 0 spiro atoms. The molecule has 1 heterocycles. The molecule has 0 amide bonds. The fourth-order valence-corrected chi connectivity index (χ4v) is 5.11. The van der Waals surface area contributed by atoms with Gasteiger partial charge in [-0.25, -0.2) is 0 Å². The van der Waals surface area contributed by atoms with Gasteiger partial charge in [0.25, 0.3) is 0 Å². The maximum atomic E-state index is 13.2. The maximum Gasteiger partial charge on any atom is 0.392 e. The maximum absolute atomic E-state index is 13.2. The van der Waals surface area contributed by atoms with Gasteiger partial charge >= 0.3 is 12.1 Å². The van der Waals surface area contributed by atoms with Gasteiger partial charge in [0.05, 0.1) is 12.3 Å². The van der Waals surface area contributed by atoms with Gasteiger partial charge in [0, 0.05) is 11.1 Å². The molecule has 1 atom stereocenters. The van der Waals surface area contributed by atoms with Gasteiger partial charge in [0.1, 0.15) is 15.8 Å². The van der Waals surface area contributed by atoms with Gasteiger partial charge in [0.15, 0.2) is 0 Å². The zero-order valence-corrected chi connectivity index (χ0v) is 23.0. The summed E-state index contributed by atoms with van der Waals surface area (Å²) in [5, 5.41) is 10.1. The molecule has 1 unspecified atom stereocenters. The largest absolute Gasteiger partial charge is 0.427 e. The summed E-state index contributed by atoms with van der Waals surface area (Å²) in [6, 6.07) is 15.1. The smallest absolute Gasteiger partial charge is 0.392 e. The van der Waals surface area contributed by atoms with E-state index >= 15 is 0 Å². The molecule has 1 aromatic heterocycles. The minimum absolute atomic E-state index is 0.0741. The minimum Gasteiger partial charge on any atom is -0.427 e. The lowest BCUT2D eigenvalue weighted by molar-refractivity contribution is -0.183. The van der Waals surface area contributed by atoms with E-state index in [0.717, 1.165) is 22.6 Å². The fraction of sp³-hybridized carbons (Fsp3) is 0.500. The first-order valence-electron chi connectivity index (χ1n) is 13.6. The van der Waals surface area contributed by atoms with Crippen LogP contribution in [0.1, 0.15) is 83.6 Å². The van der Waals surface area contributed by atoms with Crippen LogP contribution < -0.4 is 4.74 Å². The Morgan fingerprint density at radius 1 is 0.816 bits per heavy atom. The van der Waals surface area contributed by atoms with Crippen molar-refractivity contribution in [3.05, 3.63) is 54.1 Å². The SMILES string of the molecule is CCCCCCCCc1ccc(-c2nnc(-c3ccc(OC(=O)CC(CCCC)C(F)(F)F)cc3)s2)cc1. The molecule has 0 N–H and O–H groups in total. The number of aromatic nitrogens is 2. The van der Waals surface area contributed by atoms with Crippen LogP contribution in [0, 0.1) is 5.92 Å². The zero-order valence-electron chi connectivity index (χ0n) is 22.2. The molecule has 0 aliphatic rings. The van der Waals surface area contributed by atoms with Crippen LogP contribution in [0.5, 0.6) is 5.75 Å². The van der Waals surface area contributed by atoms with E-state index in [1.54, 1.807) is 24.3 Å². The van der Waals surface area contributed by atoms with Crippen molar-refractivity contribution in [1.29, 1.82) is 0 Å². The lowest BCUT2D eigenvalue weighted by Gasteiger charge is -2.19. The zero-order chi connectivity index (χ0) is 27.4. The average Bonchev–Trinajstić information content (AvgIpc) is 3.39. The van der Waals surface area contributed by atoms with E-state index < -0.39 is 24.5 Å². The minimum atomic E-state index is -4.41. The van der Waals surface area contributed by atoms with Gasteiger partial charge in [-0.05, 0) is 49.1 Å². The molecule has 3 rings (SSSR count). The molecule has 0 aliphatic carbocycles. The second-order valence-corrected chi connectivity index (χ2v) is 10.7. The van der Waals surface area contributed by atoms with Crippen molar-refractivity contribution in [2.24, 2.45) is 5.92 Å². The number of nitrogens with zero attached hydrogens (tertiary/aromatic N) is 2. The Labute approximate surface area is 227 Å². The molecule has 8 heteroatoms. The summed E-state index contributed by atoms with van der Waals surface area (Å²) in [5.74, 6) is -2.35. The highest BCUT2D eigenvalue weighted by molar-refractivity contribution is 7.17. The van der Waals surface area contributed by atoms with E-state index in [9.17, 15) is 18.0 Å². The van der Waals surface area contributed by atoms with Crippen LogP contribution in [0.25, 0.3) is 21.1 Å². The molecule has 0 radical (unpaired) electrons. The molecule has 4 nitrogen and oxygen atoms in total. The number of halogens is 3. The van der Waals surface area contributed by atoms with Crippen LogP contribution in [0.4, 0.5) is 13.2 Å².